The number of nitrogens with zero attached hydrogens (tertiary/aromatic N) is 2. The van der Waals surface area contributed by atoms with Crippen LogP contribution in [0.5, 0.6) is 11.5 Å². The van der Waals surface area contributed by atoms with Gasteiger partial charge in [0.1, 0.15) is 5.15 Å². The van der Waals surface area contributed by atoms with Crippen molar-refractivity contribution < 1.29 is 19.1 Å². The van der Waals surface area contributed by atoms with Crippen LogP contribution in [0.3, 0.4) is 0 Å². The van der Waals surface area contributed by atoms with E-state index in [0.717, 1.165) is 12.8 Å². The summed E-state index contributed by atoms with van der Waals surface area (Å²) in [6.07, 6.45) is 3.37. The summed E-state index contributed by atoms with van der Waals surface area (Å²) < 4.78 is 10.7. The van der Waals surface area contributed by atoms with Gasteiger partial charge in [-0.25, -0.2) is 4.98 Å². The van der Waals surface area contributed by atoms with Crippen LogP contribution in [-0.2, 0) is 4.79 Å². The Morgan fingerprint density at radius 1 is 1.28 bits per heavy atom. The molecule has 1 aliphatic heterocycles. The first kappa shape index (κ1) is 20.9. The van der Waals surface area contributed by atoms with Gasteiger partial charge >= 0.3 is 0 Å². The van der Waals surface area contributed by atoms with E-state index in [9.17, 15) is 9.59 Å². The lowest BCUT2D eigenvalue weighted by Gasteiger charge is -2.33. The number of pyridine rings is 1. The van der Waals surface area contributed by atoms with Crippen LogP contribution in [0.1, 0.15) is 23.2 Å². The summed E-state index contributed by atoms with van der Waals surface area (Å²) in [6, 6.07) is 10.4. The fourth-order valence-corrected chi connectivity index (χ4v) is 3.50. The predicted octanol–water partition coefficient (Wildman–Crippen LogP) is 2.79. The van der Waals surface area contributed by atoms with Gasteiger partial charge in [0.2, 0.25) is 0 Å². The number of carbonyl (C=O) groups is 2. The van der Waals surface area contributed by atoms with E-state index in [2.05, 4.69) is 10.3 Å². The third-order valence-corrected chi connectivity index (χ3v) is 5.00. The van der Waals surface area contributed by atoms with Crippen molar-refractivity contribution in [3.05, 3.63) is 53.3 Å². The number of ether oxygens (including phenoxy) is 2. The molecule has 3 rings (SSSR count). The Kier molecular flexibility index (Phi) is 7.30. The molecule has 0 unspecified atom stereocenters. The summed E-state index contributed by atoms with van der Waals surface area (Å²) in [7, 11) is 1.55. The van der Waals surface area contributed by atoms with Gasteiger partial charge in [-0.05, 0) is 43.0 Å². The average Bonchev–Trinajstić information content (AvgIpc) is 2.76. The summed E-state index contributed by atoms with van der Waals surface area (Å²) in [5, 5.41) is 3.19. The van der Waals surface area contributed by atoms with Crippen LogP contribution in [-0.4, -0.2) is 55.0 Å². The van der Waals surface area contributed by atoms with Crippen LogP contribution in [0.4, 0.5) is 0 Å². The third-order valence-electron chi connectivity index (χ3n) is 4.80. The second-order valence-corrected chi connectivity index (χ2v) is 7.26. The van der Waals surface area contributed by atoms with E-state index in [1.54, 1.807) is 36.3 Å². The zero-order valence-corrected chi connectivity index (χ0v) is 17.0. The molecule has 1 N–H and O–H groups in total. The van der Waals surface area contributed by atoms with Gasteiger partial charge in [-0.2, -0.15) is 0 Å². The maximum absolute atomic E-state index is 12.7. The highest BCUT2D eigenvalue weighted by molar-refractivity contribution is 6.29. The molecule has 154 valence electrons. The zero-order valence-electron chi connectivity index (χ0n) is 16.3. The number of hydrogen-bond donors (Lipinski definition) is 1. The van der Waals surface area contributed by atoms with Gasteiger partial charge < -0.3 is 19.7 Å². The highest BCUT2D eigenvalue weighted by Gasteiger charge is 2.25. The number of rotatable bonds is 7. The molecule has 2 amide bonds. The topological polar surface area (TPSA) is 80.8 Å². The quantitative estimate of drug-likeness (QED) is 0.700. The lowest BCUT2D eigenvalue weighted by molar-refractivity contribution is -0.123. The molecule has 0 saturated carbocycles. The molecule has 2 aromatic rings. The van der Waals surface area contributed by atoms with Crippen molar-refractivity contribution in [1.82, 2.24) is 15.2 Å². The number of likely N-dealkylation sites (tertiary alicyclic amines) is 1. The zero-order chi connectivity index (χ0) is 20.6. The second-order valence-electron chi connectivity index (χ2n) is 6.87. The van der Waals surface area contributed by atoms with E-state index < -0.39 is 0 Å². The van der Waals surface area contributed by atoms with E-state index >= 15 is 0 Å². The normalized spacial score (nSPS) is 16.2. The van der Waals surface area contributed by atoms with Gasteiger partial charge in [0.05, 0.1) is 7.11 Å². The third kappa shape index (κ3) is 5.84. The summed E-state index contributed by atoms with van der Waals surface area (Å²) in [5.41, 5.74) is 0.528. The molecule has 2 heterocycles. The van der Waals surface area contributed by atoms with Gasteiger partial charge in [0, 0.05) is 31.4 Å². The van der Waals surface area contributed by atoms with Crippen molar-refractivity contribution >= 4 is 23.4 Å². The molecule has 0 aliphatic carbocycles. The molecule has 1 saturated heterocycles. The van der Waals surface area contributed by atoms with Crippen molar-refractivity contribution in [3.63, 3.8) is 0 Å². The lowest BCUT2D eigenvalue weighted by atomic mass is 9.97. The number of methoxy groups -OCH3 is 1. The van der Waals surface area contributed by atoms with Gasteiger partial charge in [-0.15, -0.1) is 0 Å². The minimum absolute atomic E-state index is 0.0650. The number of benzene rings is 1. The Labute approximate surface area is 175 Å². The molecule has 0 radical (unpaired) electrons. The van der Waals surface area contributed by atoms with Gasteiger partial charge in [-0.1, -0.05) is 23.7 Å². The molecule has 1 aliphatic rings. The Morgan fingerprint density at radius 3 is 2.83 bits per heavy atom. The smallest absolute Gasteiger partial charge is 0.257 e. The first-order valence-electron chi connectivity index (χ1n) is 9.50. The van der Waals surface area contributed by atoms with E-state index in [4.69, 9.17) is 21.1 Å². The van der Waals surface area contributed by atoms with Gasteiger partial charge in [0.15, 0.2) is 18.1 Å². The molecule has 1 atom stereocenters. The van der Waals surface area contributed by atoms with Crippen molar-refractivity contribution in [2.24, 2.45) is 5.92 Å². The molecule has 0 spiro atoms. The Bertz CT molecular complexity index is 861. The number of nitrogens with one attached hydrogen (secondary N) is 1. The van der Waals surface area contributed by atoms with Crippen molar-refractivity contribution in [3.8, 4) is 11.5 Å². The largest absolute Gasteiger partial charge is 0.493 e. The fourth-order valence-electron chi connectivity index (χ4n) is 3.32. The number of piperidine rings is 1. The van der Waals surface area contributed by atoms with E-state index in [1.807, 2.05) is 12.1 Å². The molecule has 7 nitrogen and oxygen atoms in total. The first-order chi connectivity index (χ1) is 14.1. The second kappa shape index (κ2) is 10.1. The molecular formula is C21H24ClN3O4. The Hall–Kier alpha value is -2.80. The Balaban J connectivity index is 1.46. The molecule has 0 bridgehead atoms. The van der Waals surface area contributed by atoms with Crippen LogP contribution in [0.2, 0.25) is 5.15 Å². The molecule has 8 heteroatoms. The maximum atomic E-state index is 12.7. The highest BCUT2D eigenvalue weighted by Crippen LogP contribution is 2.25. The van der Waals surface area contributed by atoms with E-state index in [1.165, 1.54) is 6.20 Å². The number of carbonyl (C=O) groups excluding carboxylic acids is 2. The number of hydrogen-bond acceptors (Lipinski definition) is 5. The maximum Gasteiger partial charge on any atom is 0.257 e. The first-order valence-corrected chi connectivity index (χ1v) is 9.88. The number of amides is 2. The average molecular weight is 418 g/mol. The van der Waals surface area contributed by atoms with Gasteiger partial charge in [-0.3, -0.25) is 9.59 Å². The van der Waals surface area contributed by atoms with Crippen LogP contribution in [0.15, 0.2) is 42.6 Å². The minimum Gasteiger partial charge on any atom is -0.493 e. The van der Waals surface area contributed by atoms with Crippen molar-refractivity contribution in [1.29, 1.82) is 0 Å². The SMILES string of the molecule is COc1ccccc1OCC(=O)NC[C@@H]1CCCN(C(=O)c2ccnc(Cl)c2)C1. The summed E-state index contributed by atoms with van der Waals surface area (Å²) in [6.45, 7) is 1.69. The standard InChI is InChI=1S/C21H24ClN3O4/c1-28-17-6-2-3-7-18(17)29-14-20(26)24-12-15-5-4-10-25(13-15)21(27)16-8-9-23-19(22)11-16/h2-3,6-9,11,15H,4-5,10,12-14H2,1H3,(H,24,26)/t15-/m0/s1. The van der Waals surface area contributed by atoms with E-state index in [-0.39, 0.29) is 24.3 Å². The summed E-state index contributed by atoms with van der Waals surface area (Å²) >= 11 is 5.89. The summed E-state index contributed by atoms with van der Waals surface area (Å²) in [5.74, 6) is 1.03. The van der Waals surface area contributed by atoms with E-state index in [0.29, 0.717) is 41.8 Å². The predicted molar refractivity (Wildman–Crippen MR) is 109 cm³/mol. The number of halogens is 1. The number of para-hydroxylation sites is 2. The highest BCUT2D eigenvalue weighted by atomic mass is 35.5. The molecule has 29 heavy (non-hydrogen) atoms. The molecular weight excluding hydrogens is 394 g/mol. The van der Waals surface area contributed by atoms with Crippen molar-refractivity contribution in [2.45, 2.75) is 12.8 Å². The molecule has 1 fully saturated rings. The number of aromatic nitrogens is 1. The van der Waals surface area contributed by atoms with Crippen LogP contribution < -0.4 is 14.8 Å². The monoisotopic (exact) mass is 417 g/mol. The van der Waals surface area contributed by atoms with Crippen LogP contribution in [0.25, 0.3) is 0 Å². The fraction of sp³-hybridized carbons (Fsp3) is 0.381. The molecule has 1 aromatic carbocycles. The van der Waals surface area contributed by atoms with Crippen LogP contribution >= 0.6 is 11.6 Å². The lowest BCUT2D eigenvalue weighted by Crippen LogP contribution is -2.44. The van der Waals surface area contributed by atoms with Gasteiger partial charge in [0.25, 0.3) is 11.8 Å². The van der Waals surface area contributed by atoms with Crippen LogP contribution in [0, 0.1) is 5.92 Å². The minimum atomic E-state index is -0.208. The summed E-state index contributed by atoms with van der Waals surface area (Å²) in [4.78, 5) is 30.5. The van der Waals surface area contributed by atoms with Crippen molar-refractivity contribution in [2.75, 3.05) is 33.4 Å². The molecule has 1 aromatic heterocycles. The Morgan fingerprint density at radius 2 is 2.07 bits per heavy atom.